The molecule has 3 aromatic rings. The van der Waals surface area contributed by atoms with Gasteiger partial charge in [0.15, 0.2) is 0 Å². The Hall–Kier alpha value is -4.75. The number of hydrogen-bond donors (Lipinski definition) is 4. The Morgan fingerprint density at radius 1 is 0.700 bits per heavy atom. The van der Waals surface area contributed by atoms with Gasteiger partial charge in [-0.2, -0.15) is 0 Å². The third-order valence-electron chi connectivity index (χ3n) is 5.82. The summed E-state index contributed by atoms with van der Waals surface area (Å²) in [5.41, 5.74) is 3.80. The van der Waals surface area contributed by atoms with Crippen LogP contribution in [0.3, 0.4) is 0 Å². The van der Waals surface area contributed by atoms with E-state index in [4.69, 9.17) is 15.2 Å². The van der Waals surface area contributed by atoms with Gasteiger partial charge < -0.3 is 20.4 Å². The summed E-state index contributed by atoms with van der Waals surface area (Å²) in [7, 11) is 0. The van der Waals surface area contributed by atoms with Gasteiger partial charge in [-0.25, -0.2) is 15.0 Å². The number of rotatable bonds is 14. The number of carboxylic acid groups (broad SMARTS) is 4. The van der Waals surface area contributed by atoms with E-state index >= 15 is 0 Å². The molecule has 0 saturated heterocycles. The van der Waals surface area contributed by atoms with E-state index in [9.17, 15) is 29.4 Å². The zero-order valence-corrected chi connectivity index (χ0v) is 21.9. The van der Waals surface area contributed by atoms with Crippen LogP contribution in [-0.2, 0) is 32.3 Å². The molecular formula is C27H29N5O8. The van der Waals surface area contributed by atoms with Crippen molar-refractivity contribution in [3.63, 3.8) is 0 Å². The first kappa shape index (κ1) is 29.8. The maximum absolute atomic E-state index is 11.5. The summed E-state index contributed by atoms with van der Waals surface area (Å²) in [5.74, 6) is -4.61. The van der Waals surface area contributed by atoms with E-state index in [1.54, 1.807) is 36.4 Å². The Kier molecular flexibility index (Phi) is 9.95. The highest BCUT2D eigenvalue weighted by Crippen LogP contribution is 2.24. The molecule has 3 aromatic heterocycles. The first-order valence-electron chi connectivity index (χ1n) is 12.2. The standard InChI is InChI=1S/C27H29N5O8/c1-16-9-22(20-7-3-5-18(28-20)11-31(13-24(33)34)14-25(35)36)30-23(10-16)21-8-4-6-19(29-21)12-32(15-26(37)38)17(2)27(39)40/h3-10,17H,11-15H2,1-2H3,(H,33,34)(H,35,36)(H,37,38)(H,39,40). The molecule has 13 heteroatoms. The maximum Gasteiger partial charge on any atom is 0.320 e. The highest BCUT2D eigenvalue weighted by molar-refractivity contribution is 5.75. The first-order chi connectivity index (χ1) is 18.9. The van der Waals surface area contributed by atoms with Crippen molar-refractivity contribution in [1.82, 2.24) is 24.8 Å². The number of aliphatic carboxylic acids is 4. The third-order valence-corrected chi connectivity index (χ3v) is 5.82. The maximum atomic E-state index is 11.5. The third kappa shape index (κ3) is 8.64. The van der Waals surface area contributed by atoms with E-state index < -0.39 is 49.6 Å². The molecule has 0 aliphatic carbocycles. The quantitative estimate of drug-likeness (QED) is 0.227. The molecule has 3 rings (SSSR count). The molecular weight excluding hydrogens is 522 g/mol. The van der Waals surface area contributed by atoms with Crippen molar-refractivity contribution in [2.75, 3.05) is 19.6 Å². The van der Waals surface area contributed by atoms with Crippen molar-refractivity contribution in [1.29, 1.82) is 0 Å². The molecule has 0 aromatic carbocycles. The van der Waals surface area contributed by atoms with Crippen molar-refractivity contribution in [2.45, 2.75) is 33.0 Å². The second kappa shape index (κ2) is 13.4. The lowest BCUT2D eigenvalue weighted by atomic mass is 10.1. The number of nitrogens with zero attached hydrogens (tertiary/aromatic N) is 5. The number of aromatic nitrogens is 3. The fourth-order valence-corrected chi connectivity index (χ4v) is 4.00. The van der Waals surface area contributed by atoms with Crippen LogP contribution in [0.1, 0.15) is 23.9 Å². The molecule has 0 aliphatic heterocycles. The van der Waals surface area contributed by atoms with Gasteiger partial charge in [-0.05, 0) is 55.8 Å². The molecule has 1 atom stereocenters. The Morgan fingerprint density at radius 3 is 1.62 bits per heavy atom. The highest BCUT2D eigenvalue weighted by atomic mass is 16.4. The second-order valence-corrected chi connectivity index (χ2v) is 9.19. The van der Waals surface area contributed by atoms with Crippen molar-refractivity contribution >= 4 is 23.9 Å². The van der Waals surface area contributed by atoms with E-state index in [2.05, 4.69) is 9.97 Å². The Morgan fingerprint density at radius 2 is 1.18 bits per heavy atom. The van der Waals surface area contributed by atoms with Gasteiger partial charge in [0.1, 0.15) is 6.04 Å². The van der Waals surface area contributed by atoms with Crippen LogP contribution in [0.25, 0.3) is 22.8 Å². The van der Waals surface area contributed by atoms with Crippen molar-refractivity contribution in [2.24, 2.45) is 0 Å². The van der Waals surface area contributed by atoms with Gasteiger partial charge in [0, 0.05) is 13.1 Å². The largest absolute Gasteiger partial charge is 0.480 e. The van der Waals surface area contributed by atoms with E-state index in [0.717, 1.165) is 5.56 Å². The van der Waals surface area contributed by atoms with Crippen molar-refractivity contribution < 1.29 is 39.6 Å². The molecule has 210 valence electrons. The van der Waals surface area contributed by atoms with Crippen LogP contribution in [-0.4, -0.2) is 94.7 Å². The summed E-state index contributed by atoms with van der Waals surface area (Å²) in [5, 5.41) is 36.8. The molecule has 0 amide bonds. The minimum Gasteiger partial charge on any atom is -0.480 e. The first-order valence-corrected chi connectivity index (χ1v) is 12.2. The molecule has 0 radical (unpaired) electrons. The summed E-state index contributed by atoms with van der Waals surface area (Å²) in [6, 6.07) is 12.9. The van der Waals surface area contributed by atoms with Crippen LogP contribution in [0.4, 0.5) is 0 Å². The van der Waals surface area contributed by atoms with Gasteiger partial charge in [-0.15, -0.1) is 0 Å². The average Bonchev–Trinajstić information content (AvgIpc) is 2.86. The molecule has 0 fully saturated rings. The topological polar surface area (TPSA) is 194 Å². The number of hydrogen-bond acceptors (Lipinski definition) is 9. The average molecular weight is 552 g/mol. The molecule has 40 heavy (non-hydrogen) atoms. The number of aryl methyl sites for hydroxylation is 1. The zero-order valence-electron chi connectivity index (χ0n) is 21.9. The molecule has 1 unspecified atom stereocenters. The Balaban J connectivity index is 1.90. The van der Waals surface area contributed by atoms with Gasteiger partial charge in [0.25, 0.3) is 0 Å². The lowest BCUT2D eigenvalue weighted by Crippen LogP contribution is -2.41. The molecule has 0 saturated carbocycles. The summed E-state index contributed by atoms with van der Waals surface area (Å²) in [6.45, 7) is 1.91. The minimum atomic E-state index is -1.15. The zero-order chi connectivity index (χ0) is 29.4. The Bertz CT molecular complexity index is 1400. The predicted molar refractivity (Wildman–Crippen MR) is 141 cm³/mol. The Labute approximate surface area is 229 Å². The fraction of sp³-hybridized carbons (Fsp3) is 0.296. The minimum absolute atomic E-state index is 0.000927. The van der Waals surface area contributed by atoms with E-state index in [1.165, 1.54) is 16.7 Å². The normalized spacial score (nSPS) is 11.9. The van der Waals surface area contributed by atoms with Gasteiger partial charge in [0.05, 0.1) is 53.8 Å². The van der Waals surface area contributed by atoms with E-state index in [-0.39, 0.29) is 13.1 Å². The van der Waals surface area contributed by atoms with Crippen LogP contribution in [0.2, 0.25) is 0 Å². The molecule has 13 nitrogen and oxygen atoms in total. The smallest absolute Gasteiger partial charge is 0.320 e. The van der Waals surface area contributed by atoms with E-state index in [1.807, 2.05) is 19.1 Å². The van der Waals surface area contributed by atoms with Crippen LogP contribution in [0.15, 0.2) is 48.5 Å². The van der Waals surface area contributed by atoms with Crippen LogP contribution in [0, 0.1) is 6.92 Å². The highest BCUT2D eigenvalue weighted by Gasteiger charge is 2.23. The van der Waals surface area contributed by atoms with Crippen molar-refractivity contribution in [3.8, 4) is 22.8 Å². The summed E-state index contributed by atoms with van der Waals surface area (Å²) < 4.78 is 0. The molecule has 0 bridgehead atoms. The van der Waals surface area contributed by atoms with Crippen LogP contribution >= 0.6 is 0 Å². The fourth-order valence-electron chi connectivity index (χ4n) is 4.00. The number of pyridine rings is 3. The van der Waals surface area contributed by atoms with Gasteiger partial charge >= 0.3 is 23.9 Å². The molecule has 0 spiro atoms. The number of carbonyl (C=O) groups is 4. The molecule has 4 N–H and O–H groups in total. The number of carboxylic acids is 4. The monoisotopic (exact) mass is 551 g/mol. The lowest BCUT2D eigenvalue weighted by Gasteiger charge is -2.24. The van der Waals surface area contributed by atoms with E-state index in [0.29, 0.717) is 34.2 Å². The lowest BCUT2D eigenvalue weighted by molar-refractivity contribution is -0.146. The van der Waals surface area contributed by atoms with Gasteiger partial charge in [0.2, 0.25) is 0 Å². The SMILES string of the molecule is Cc1cc(-c2cccc(CN(CC(=O)O)CC(=O)O)n2)nc(-c2cccc(CN(CC(=O)O)C(C)C(=O)O)n2)c1. The summed E-state index contributed by atoms with van der Waals surface area (Å²) in [6.07, 6.45) is 0. The van der Waals surface area contributed by atoms with Gasteiger partial charge in [-0.3, -0.25) is 29.0 Å². The second-order valence-electron chi connectivity index (χ2n) is 9.19. The van der Waals surface area contributed by atoms with Crippen molar-refractivity contribution in [3.05, 3.63) is 65.5 Å². The van der Waals surface area contributed by atoms with Crippen LogP contribution in [0.5, 0.6) is 0 Å². The molecule has 0 aliphatic rings. The summed E-state index contributed by atoms with van der Waals surface area (Å²) in [4.78, 5) is 61.4. The van der Waals surface area contributed by atoms with Crippen LogP contribution < -0.4 is 0 Å². The van der Waals surface area contributed by atoms with Gasteiger partial charge in [-0.1, -0.05) is 12.1 Å². The summed E-state index contributed by atoms with van der Waals surface area (Å²) >= 11 is 0. The predicted octanol–water partition coefficient (Wildman–Crippen LogP) is 1.84. The molecule has 3 heterocycles.